The quantitative estimate of drug-likeness (QED) is 0.352. The predicted octanol–water partition coefficient (Wildman–Crippen LogP) is 3.49. The number of ether oxygens (including phenoxy) is 2. The van der Waals surface area contributed by atoms with Gasteiger partial charge in [0.25, 0.3) is 5.91 Å². The number of nitrogens with zero attached hydrogens (tertiary/aromatic N) is 1. The number of fused-ring (bicyclic) bond motifs is 1. The first-order chi connectivity index (χ1) is 18.0. The van der Waals surface area contributed by atoms with Gasteiger partial charge in [-0.05, 0) is 75.6 Å². The molecule has 1 aromatic carbocycles. The number of hydrogen-bond donors (Lipinski definition) is 4. The number of aromatic amines is 1. The summed E-state index contributed by atoms with van der Waals surface area (Å²) in [6, 6.07) is 7.77. The average Bonchev–Trinajstić information content (AvgIpc) is 3.67. The van der Waals surface area contributed by atoms with Gasteiger partial charge in [-0.1, -0.05) is 0 Å². The van der Waals surface area contributed by atoms with Crippen LogP contribution in [0.1, 0.15) is 54.6 Å². The van der Waals surface area contributed by atoms with Crippen LogP contribution in [0.3, 0.4) is 0 Å². The number of aliphatic hydroxyl groups excluding tert-OH is 1. The Bertz CT molecular complexity index is 1290. The zero-order chi connectivity index (χ0) is 25.9. The van der Waals surface area contributed by atoms with Crippen LogP contribution in [0.4, 0.5) is 0 Å². The van der Waals surface area contributed by atoms with Crippen molar-refractivity contribution in [2.75, 3.05) is 20.3 Å². The Morgan fingerprint density at radius 2 is 1.78 bits per heavy atom. The van der Waals surface area contributed by atoms with Crippen LogP contribution in [0.5, 0.6) is 11.5 Å². The number of aryl methyl sites for hydroxylation is 1. The molecule has 37 heavy (non-hydrogen) atoms. The van der Waals surface area contributed by atoms with Crippen LogP contribution in [0.2, 0.25) is 0 Å². The molecule has 2 heterocycles. The molecular formula is C28H34N4O5. The van der Waals surface area contributed by atoms with Crippen molar-refractivity contribution in [1.82, 2.24) is 20.6 Å². The van der Waals surface area contributed by atoms with E-state index in [2.05, 4.69) is 20.6 Å². The third-order valence-electron chi connectivity index (χ3n) is 7.32. The van der Waals surface area contributed by atoms with E-state index in [9.17, 15) is 9.59 Å². The first-order valence-electron chi connectivity index (χ1n) is 13.0. The van der Waals surface area contributed by atoms with E-state index < -0.39 is 6.61 Å². The number of carbonyl (C=O) groups is 2. The molecule has 4 N–H and O–H groups in total. The van der Waals surface area contributed by atoms with Crippen molar-refractivity contribution in [3.63, 3.8) is 0 Å². The Morgan fingerprint density at radius 1 is 1.05 bits per heavy atom. The van der Waals surface area contributed by atoms with Crippen molar-refractivity contribution in [2.45, 2.75) is 57.5 Å². The van der Waals surface area contributed by atoms with Crippen LogP contribution in [-0.4, -0.2) is 59.3 Å². The zero-order valence-corrected chi connectivity index (χ0v) is 21.3. The van der Waals surface area contributed by atoms with Crippen molar-refractivity contribution in [2.24, 2.45) is 5.92 Å². The number of aromatic nitrogens is 2. The summed E-state index contributed by atoms with van der Waals surface area (Å²) >= 11 is 0. The second-order valence-corrected chi connectivity index (χ2v) is 10.1. The van der Waals surface area contributed by atoms with Crippen molar-refractivity contribution in [1.29, 1.82) is 0 Å². The highest BCUT2D eigenvalue weighted by Gasteiger charge is 2.27. The summed E-state index contributed by atoms with van der Waals surface area (Å²) in [6.45, 7) is 2.07. The van der Waals surface area contributed by atoms with E-state index in [1.807, 2.05) is 31.2 Å². The maximum atomic E-state index is 13.4. The second-order valence-electron chi connectivity index (χ2n) is 10.1. The number of pyridine rings is 1. The highest BCUT2D eigenvalue weighted by atomic mass is 16.5. The summed E-state index contributed by atoms with van der Waals surface area (Å²) in [5.41, 5.74) is 4.48. The lowest BCUT2D eigenvalue weighted by atomic mass is 9.91. The van der Waals surface area contributed by atoms with Gasteiger partial charge in [0.15, 0.2) is 0 Å². The molecule has 2 amide bonds. The third-order valence-corrected chi connectivity index (χ3v) is 7.32. The minimum Gasteiger partial charge on any atom is -0.497 e. The van der Waals surface area contributed by atoms with Crippen LogP contribution in [-0.2, 0) is 4.79 Å². The Hall–Kier alpha value is -3.59. The molecule has 2 aliphatic carbocycles. The molecule has 5 rings (SSSR count). The third kappa shape index (κ3) is 5.56. The second kappa shape index (κ2) is 10.8. The van der Waals surface area contributed by atoms with E-state index >= 15 is 0 Å². The monoisotopic (exact) mass is 506 g/mol. The highest BCUT2D eigenvalue weighted by Crippen LogP contribution is 2.39. The van der Waals surface area contributed by atoms with Crippen molar-refractivity contribution >= 4 is 22.8 Å². The number of amides is 2. The van der Waals surface area contributed by atoms with Gasteiger partial charge in [0, 0.05) is 35.1 Å². The zero-order valence-electron chi connectivity index (χ0n) is 21.3. The maximum absolute atomic E-state index is 13.4. The molecule has 196 valence electrons. The number of aliphatic hydroxyl groups is 1. The number of hydrogen-bond acceptors (Lipinski definition) is 6. The van der Waals surface area contributed by atoms with E-state index in [4.69, 9.17) is 14.6 Å². The Kier molecular flexibility index (Phi) is 7.32. The van der Waals surface area contributed by atoms with Gasteiger partial charge in [0.2, 0.25) is 5.91 Å². The van der Waals surface area contributed by atoms with Crippen molar-refractivity contribution in [3.05, 3.63) is 41.7 Å². The number of methoxy groups -OCH3 is 1. The fourth-order valence-electron chi connectivity index (χ4n) is 5.09. The number of benzene rings is 1. The summed E-state index contributed by atoms with van der Waals surface area (Å²) in [5, 5.41) is 14.9. The van der Waals surface area contributed by atoms with E-state index in [1.165, 1.54) is 12.8 Å². The molecule has 9 heteroatoms. The van der Waals surface area contributed by atoms with Crippen LogP contribution in [0.15, 0.2) is 30.5 Å². The van der Waals surface area contributed by atoms with E-state index in [-0.39, 0.29) is 23.9 Å². The molecule has 2 aliphatic rings. The van der Waals surface area contributed by atoms with Gasteiger partial charge in [-0.25, -0.2) is 0 Å². The number of carbonyl (C=O) groups excluding carboxylic acids is 2. The fraction of sp³-hybridized carbons (Fsp3) is 0.464. The van der Waals surface area contributed by atoms with Crippen LogP contribution in [0.25, 0.3) is 22.2 Å². The first-order valence-corrected chi connectivity index (χ1v) is 13.0. The van der Waals surface area contributed by atoms with Gasteiger partial charge in [-0.15, -0.1) is 0 Å². The molecule has 3 aromatic rings. The Labute approximate surface area is 216 Å². The minimum atomic E-state index is -0.505. The molecule has 0 saturated heterocycles. The highest BCUT2D eigenvalue weighted by molar-refractivity contribution is 6.09. The predicted molar refractivity (Wildman–Crippen MR) is 140 cm³/mol. The lowest BCUT2D eigenvalue weighted by molar-refractivity contribution is -0.124. The van der Waals surface area contributed by atoms with Gasteiger partial charge in [0.1, 0.15) is 23.6 Å². The molecular weight excluding hydrogens is 472 g/mol. The Morgan fingerprint density at radius 3 is 2.46 bits per heavy atom. The SMILES string of the molecule is COc1ccc(OCC2CC2)c(-c2ccnc3c(C(=O)N[C@H]4CC[C@@H](NC(=O)CO)CC4)c(C)[nH]c23)c1. The van der Waals surface area contributed by atoms with Crippen LogP contribution >= 0.6 is 0 Å². The van der Waals surface area contributed by atoms with Crippen LogP contribution < -0.4 is 20.1 Å². The molecule has 0 atom stereocenters. The lowest BCUT2D eigenvalue weighted by Gasteiger charge is -2.29. The first kappa shape index (κ1) is 25.1. The van der Waals surface area contributed by atoms with Gasteiger partial charge < -0.3 is 30.2 Å². The van der Waals surface area contributed by atoms with Crippen molar-refractivity contribution in [3.8, 4) is 22.6 Å². The summed E-state index contributed by atoms with van der Waals surface area (Å²) in [6.07, 6.45) is 7.16. The molecule has 0 spiro atoms. The largest absolute Gasteiger partial charge is 0.497 e. The molecule has 0 unspecified atom stereocenters. The van der Waals surface area contributed by atoms with Crippen molar-refractivity contribution < 1.29 is 24.2 Å². The van der Waals surface area contributed by atoms with E-state index in [1.54, 1.807) is 13.3 Å². The van der Waals surface area contributed by atoms with E-state index in [0.29, 0.717) is 23.6 Å². The van der Waals surface area contributed by atoms with Gasteiger partial charge >= 0.3 is 0 Å². The van der Waals surface area contributed by atoms with Crippen LogP contribution in [0, 0.1) is 12.8 Å². The lowest BCUT2D eigenvalue weighted by Crippen LogP contribution is -2.44. The topological polar surface area (TPSA) is 126 Å². The summed E-state index contributed by atoms with van der Waals surface area (Å²) in [5.74, 6) is 1.61. The molecule has 2 saturated carbocycles. The summed E-state index contributed by atoms with van der Waals surface area (Å²) < 4.78 is 11.7. The molecule has 0 radical (unpaired) electrons. The number of nitrogens with one attached hydrogen (secondary N) is 3. The molecule has 2 fully saturated rings. The normalized spacial score (nSPS) is 19.4. The standard InChI is InChI=1S/C28H34N4O5/c1-16-25(28(35)32-19-7-5-18(6-8-19)31-24(34)14-33)27-26(30-16)21(11-12-29-27)22-13-20(36-2)9-10-23(22)37-15-17-3-4-17/h9-13,17-19,30,33H,3-8,14-15H2,1-2H3,(H,31,34)(H,32,35)/t18-,19+. The number of rotatable bonds is 9. The smallest absolute Gasteiger partial charge is 0.255 e. The molecule has 0 bridgehead atoms. The van der Waals surface area contributed by atoms with Gasteiger partial charge in [-0.3, -0.25) is 14.6 Å². The summed E-state index contributed by atoms with van der Waals surface area (Å²) in [4.78, 5) is 32.8. The maximum Gasteiger partial charge on any atom is 0.255 e. The molecule has 0 aliphatic heterocycles. The van der Waals surface area contributed by atoms with Gasteiger partial charge in [-0.2, -0.15) is 0 Å². The Balaban J connectivity index is 1.38. The van der Waals surface area contributed by atoms with Gasteiger partial charge in [0.05, 0.1) is 24.8 Å². The molecule has 9 nitrogen and oxygen atoms in total. The van der Waals surface area contributed by atoms with E-state index in [0.717, 1.165) is 59.5 Å². The minimum absolute atomic E-state index is 0.0168. The average molecular weight is 507 g/mol. The molecule has 2 aromatic heterocycles. The fourth-order valence-corrected chi connectivity index (χ4v) is 5.09. The number of H-pyrrole nitrogens is 1. The summed E-state index contributed by atoms with van der Waals surface area (Å²) in [7, 11) is 1.64.